The quantitative estimate of drug-likeness (QED) is 0.531. The fraction of sp³-hybridized carbons (Fsp3) is 0.100. The maximum absolute atomic E-state index is 10.3. The summed E-state index contributed by atoms with van der Waals surface area (Å²) in [4.78, 5) is 0. The molecule has 4 radical (unpaired) electrons. The van der Waals surface area contributed by atoms with Crippen LogP contribution < -0.4 is 0 Å². The summed E-state index contributed by atoms with van der Waals surface area (Å²) in [6, 6.07) is 30.6. The smallest absolute Gasteiger partial charge is 0.0682 e. The molecule has 0 bridgehead atoms. The second-order valence-electron chi connectivity index (χ2n) is 5.16. The molecular formula is C20H18OSn. The van der Waals surface area contributed by atoms with Gasteiger partial charge in [0.15, 0.2) is 0 Å². The zero-order valence-corrected chi connectivity index (χ0v) is 15.2. The minimum atomic E-state index is -0.524. The van der Waals surface area contributed by atoms with Gasteiger partial charge in [0.1, 0.15) is 0 Å². The van der Waals surface area contributed by atoms with Gasteiger partial charge in [0.25, 0.3) is 0 Å². The van der Waals surface area contributed by atoms with Crippen LogP contribution in [-0.4, -0.2) is 35.6 Å². The van der Waals surface area contributed by atoms with Crippen molar-refractivity contribution in [2.45, 2.75) is 5.41 Å². The molecule has 0 aromatic heterocycles. The Kier molecular flexibility index (Phi) is 5.81. The molecule has 3 aromatic carbocycles. The Morgan fingerprint density at radius 1 is 0.545 bits per heavy atom. The molecule has 0 amide bonds. The van der Waals surface area contributed by atoms with Crippen molar-refractivity contribution in [3.8, 4) is 0 Å². The van der Waals surface area contributed by atoms with Crippen LogP contribution in [0.25, 0.3) is 0 Å². The van der Waals surface area contributed by atoms with E-state index >= 15 is 0 Å². The van der Waals surface area contributed by atoms with Crippen LogP contribution in [0.1, 0.15) is 16.7 Å². The van der Waals surface area contributed by atoms with Gasteiger partial charge < -0.3 is 5.11 Å². The molecule has 108 valence electrons. The van der Waals surface area contributed by atoms with Crippen LogP contribution in [0.2, 0.25) is 0 Å². The van der Waals surface area contributed by atoms with Gasteiger partial charge in [-0.2, -0.15) is 0 Å². The van der Waals surface area contributed by atoms with E-state index < -0.39 is 5.41 Å². The maximum Gasteiger partial charge on any atom is 0.0682 e. The Bertz CT molecular complexity index is 584. The number of hydrogen-bond acceptors (Lipinski definition) is 1. The first kappa shape index (κ1) is 16.8. The molecule has 0 spiro atoms. The first-order valence-electron chi connectivity index (χ1n) is 7.15. The standard InChI is InChI=1S/C20H18O.Sn/c21-16-20(17-10-4-1-5-11-17,18-12-6-2-7-13-18)19-14-8-3-9-15-19;/h1-15,21H,16H2;. The molecule has 0 aliphatic heterocycles. The number of rotatable bonds is 4. The Morgan fingerprint density at radius 3 is 1.05 bits per heavy atom. The van der Waals surface area contributed by atoms with Crippen molar-refractivity contribution in [2.75, 3.05) is 6.61 Å². The first-order chi connectivity index (χ1) is 10.4. The van der Waals surface area contributed by atoms with Crippen molar-refractivity contribution in [1.29, 1.82) is 0 Å². The molecule has 0 fully saturated rings. The summed E-state index contributed by atoms with van der Waals surface area (Å²) in [6.07, 6.45) is 0. The zero-order valence-electron chi connectivity index (χ0n) is 12.3. The maximum atomic E-state index is 10.3. The Morgan fingerprint density at radius 2 is 0.818 bits per heavy atom. The van der Waals surface area contributed by atoms with E-state index in [-0.39, 0.29) is 30.5 Å². The minimum absolute atomic E-state index is 0. The van der Waals surface area contributed by atoms with Gasteiger partial charge in [-0.15, -0.1) is 0 Å². The van der Waals surface area contributed by atoms with Crippen molar-refractivity contribution in [1.82, 2.24) is 0 Å². The molecule has 3 rings (SSSR count). The number of benzene rings is 3. The summed E-state index contributed by atoms with van der Waals surface area (Å²) in [5, 5.41) is 10.3. The van der Waals surface area contributed by atoms with E-state index in [9.17, 15) is 5.11 Å². The van der Waals surface area contributed by atoms with Crippen molar-refractivity contribution in [2.24, 2.45) is 0 Å². The van der Waals surface area contributed by atoms with Crippen LogP contribution in [0.5, 0.6) is 0 Å². The third kappa shape index (κ3) is 2.96. The molecule has 0 saturated carbocycles. The van der Waals surface area contributed by atoms with E-state index in [2.05, 4.69) is 36.4 Å². The van der Waals surface area contributed by atoms with Crippen LogP contribution >= 0.6 is 0 Å². The largest absolute Gasteiger partial charge is 0.395 e. The predicted molar refractivity (Wildman–Crippen MR) is 92.0 cm³/mol. The van der Waals surface area contributed by atoms with E-state index in [1.807, 2.05) is 54.6 Å². The normalized spacial score (nSPS) is 10.8. The SMILES string of the molecule is OCC(c1ccccc1)(c1ccccc1)c1ccccc1.[Sn]. The van der Waals surface area contributed by atoms with E-state index in [1.165, 1.54) is 0 Å². The molecule has 3 aromatic rings. The van der Waals surface area contributed by atoms with E-state index in [1.54, 1.807) is 0 Å². The van der Waals surface area contributed by atoms with Gasteiger partial charge in [0, 0.05) is 23.9 Å². The molecule has 2 heteroatoms. The number of aliphatic hydroxyl groups is 1. The summed E-state index contributed by atoms with van der Waals surface area (Å²) in [5.74, 6) is 0. The van der Waals surface area contributed by atoms with Crippen LogP contribution in [-0.2, 0) is 5.41 Å². The van der Waals surface area contributed by atoms with E-state index in [0.29, 0.717) is 0 Å². The van der Waals surface area contributed by atoms with Crippen LogP contribution in [0.3, 0.4) is 0 Å². The minimum Gasteiger partial charge on any atom is -0.395 e. The molecule has 22 heavy (non-hydrogen) atoms. The zero-order chi connectivity index (χ0) is 14.5. The Balaban J connectivity index is 0.00000176. The second-order valence-corrected chi connectivity index (χ2v) is 5.16. The van der Waals surface area contributed by atoms with E-state index in [0.717, 1.165) is 16.7 Å². The monoisotopic (exact) mass is 394 g/mol. The molecule has 0 atom stereocenters. The molecule has 1 nitrogen and oxygen atoms in total. The van der Waals surface area contributed by atoms with Gasteiger partial charge in [0.05, 0.1) is 12.0 Å². The average Bonchev–Trinajstić information content (AvgIpc) is 2.59. The van der Waals surface area contributed by atoms with E-state index in [4.69, 9.17) is 0 Å². The van der Waals surface area contributed by atoms with Gasteiger partial charge in [-0.3, -0.25) is 0 Å². The summed E-state index contributed by atoms with van der Waals surface area (Å²) in [5.41, 5.74) is 2.78. The number of aliphatic hydroxyl groups excluding tert-OH is 1. The molecule has 1 N–H and O–H groups in total. The number of hydrogen-bond donors (Lipinski definition) is 1. The van der Waals surface area contributed by atoms with Gasteiger partial charge in [-0.1, -0.05) is 91.0 Å². The fourth-order valence-electron chi connectivity index (χ4n) is 2.94. The van der Waals surface area contributed by atoms with Gasteiger partial charge in [-0.05, 0) is 16.7 Å². The Labute approximate surface area is 148 Å². The van der Waals surface area contributed by atoms with Gasteiger partial charge in [-0.25, -0.2) is 0 Å². The third-order valence-electron chi connectivity index (χ3n) is 4.04. The molecule has 0 saturated heterocycles. The summed E-state index contributed by atoms with van der Waals surface area (Å²) < 4.78 is 0. The van der Waals surface area contributed by atoms with Crippen LogP contribution in [0.4, 0.5) is 0 Å². The Hall–Kier alpha value is -1.58. The van der Waals surface area contributed by atoms with Crippen molar-refractivity contribution >= 4 is 23.9 Å². The first-order valence-corrected chi connectivity index (χ1v) is 7.15. The van der Waals surface area contributed by atoms with Crippen LogP contribution in [0, 0.1) is 0 Å². The topological polar surface area (TPSA) is 20.2 Å². The molecular weight excluding hydrogens is 375 g/mol. The molecule has 0 aliphatic rings. The second kappa shape index (κ2) is 7.61. The fourth-order valence-corrected chi connectivity index (χ4v) is 2.94. The van der Waals surface area contributed by atoms with Gasteiger partial charge in [0.2, 0.25) is 0 Å². The predicted octanol–water partition coefficient (Wildman–Crippen LogP) is 3.63. The van der Waals surface area contributed by atoms with Gasteiger partial charge >= 0.3 is 0 Å². The van der Waals surface area contributed by atoms with Crippen molar-refractivity contribution < 1.29 is 5.11 Å². The van der Waals surface area contributed by atoms with Crippen LogP contribution in [0.15, 0.2) is 91.0 Å². The summed E-state index contributed by atoms with van der Waals surface area (Å²) in [6.45, 7) is 0.0328. The van der Waals surface area contributed by atoms with Crippen molar-refractivity contribution in [3.63, 3.8) is 0 Å². The summed E-state index contributed by atoms with van der Waals surface area (Å²) >= 11 is 0. The summed E-state index contributed by atoms with van der Waals surface area (Å²) in [7, 11) is 0. The molecule has 0 unspecified atom stereocenters. The average molecular weight is 393 g/mol. The third-order valence-corrected chi connectivity index (χ3v) is 4.04. The van der Waals surface area contributed by atoms with Crippen molar-refractivity contribution in [3.05, 3.63) is 108 Å². The molecule has 0 aliphatic carbocycles. The molecule has 0 heterocycles.